The zero-order chi connectivity index (χ0) is 13.0. The Kier molecular flexibility index (Phi) is 4.89. The van der Waals surface area contributed by atoms with Gasteiger partial charge in [-0.2, -0.15) is 0 Å². The van der Waals surface area contributed by atoms with E-state index >= 15 is 0 Å². The van der Waals surface area contributed by atoms with Crippen LogP contribution in [-0.2, 0) is 0 Å². The minimum Gasteiger partial charge on any atom is -0.382 e. The first-order valence-electron chi connectivity index (χ1n) is 6.48. The molecule has 18 heavy (non-hydrogen) atoms. The van der Waals surface area contributed by atoms with Crippen LogP contribution in [0.15, 0.2) is 22.5 Å². The minimum absolute atomic E-state index is 0.584. The normalized spacial score (nSPS) is 12.8. The number of hydrogen-bond acceptors (Lipinski definition) is 4. The molecule has 2 nitrogen and oxygen atoms in total. The predicted molar refractivity (Wildman–Crippen MR) is 84.0 cm³/mol. The number of hydrogen-bond donors (Lipinski definition) is 1. The van der Waals surface area contributed by atoms with Crippen LogP contribution in [0.5, 0.6) is 0 Å². The molecule has 0 radical (unpaired) electrons. The van der Waals surface area contributed by atoms with Crippen LogP contribution in [0.2, 0.25) is 0 Å². The van der Waals surface area contributed by atoms with Crippen molar-refractivity contribution in [2.24, 2.45) is 0 Å². The quantitative estimate of drug-likeness (QED) is 0.753. The summed E-state index contributed by atoms with van der Waals surface area (Å²) in [6, 6.07) is 7.07. The molecule has 0 fully saturated rings. The van der Waals surface area contributed by atoms with Gasteiger partial charge < -0.3 is 5.32 Å². The first-order valence-corrected chi connectivity index (χ1v) is 8.52. The maximum absolute atomic E-state index is 4.56. The second kappa shape index (κ2) is 6.43. The highest BCUT2D eigenvalue weighted by Gasteiger charge is 2.07. The summed E-state index contributed by atoms with van der Waals surface area (Å²) in [6.07, 6.45) is 5.70. The van der Waals surface area contributed by atoms with Gasteiger partial charge in [-0.3, -0.25) is 0 Å². The highest BCUT2D eigenvalue weighted by Crippen LogP contribution is 2.30. The molecule has 0 spiro atoms. The lowest BCUT2D eigenvalue weighted by Gasteiger charge is -2.17. The van der Waals surface area contributed by atoms with Gasteiger partial charge >= 0.3 is 0 Å². The van der Waals surface area contributed by atoms with E-state index in [4.69, 9.17) is 0 Å². The van der Waals surface area contributed by atoms with Crippen molar-refractivity contribution >= 4 is 39.0 Å². The topological polar surface area (TPSA) is 24.9 Å². The number of anilines is 1. The summed E-state index contributed by atoms with van der Waals surface area (Å²) in [5.74, 6) is 0. The number of thiazole rings is 1. The summed E-state index contributed by atoms with van der Waals surface area (Å²) in [4.78, 5) is 4.56. The van der Waals surface area contributed by atoms with E-state index in [9.17, 15) is 0 Å². The first kappa shape index (κ1) is 13.7. The molecular formula is C14H20N2S2. The molecule has 1 heterocycles. The monoisotopic (exact) mass is 280 g/mol. The average molecular weight is 280 g/mol. The van der Waals surface area contributed by atoms with Crippen molar-refractivity contribution in [1.29, 1.82) is 0 Å². The summed E-state index contributed by atoms with van der Waals surface area (Å²) in [5, 5.41) is 3.62. The molecular weight excluding hydrogens is 260 g/mol. The number of nitrogens with one attached hydrogen (secondary N) is 1. The summed E-state index contributed by atoms with van der Waals surface area (Å²) in [6.45, 7) is 4.48. The molecule has 0 aliphatic heterocycles. The van der Waals surface area contributed by atoms with Crippen molar-refractivity contribution in [3.63, 3.8) is 0 Å². The van der Waals surface area contributed by atoms with Crippen molar-refractivity contribution in [1.82, 2.24) is 4.98 Å². The van der Waals surface area contributed by atoms with E-state index in [0.29, 0.717) is 6.04 Å². The molecule has 1 N–H and O–H groups in total. The number of benzene rings is 1. The maximum Gasteiger partial charge on any atom is 0.150 e. The van der Waals surface area contributed by atoms with Crippen LogP contribution in [0, 0.1) is 0 Å². The standard InChI is InChI=1S/C14H20N2S2/c1-4-6-10(5-2)15-11-7-8-12-13(9-11)18-14(16-12)17-3/h7-10,15H,4-6H2,1-3H3. The van der Waals surface area contributed by atoms with Crippen molar-refractivity contribution in [2.45, 2.75) is 43.5 Å². The largest absolute Gasteiger partial charge is 0.382 e. The van der Waals surface area contributed by atoms with Crippen LogP contribution in [-0.4, -0.2) is 17.3 Å². The van der Waals surface area contributed by atoms with Crippen LogP contribution in [0.3, 0.4) is 0 Å². The minimum atomic E-state index is 0.584. The summed E-state index contributed by atoms with van der Waals surface area (Å²) in [5.41, 5.74) is 2.33. The smallest absolute Gasteiger partial charge is 0.150 e. The predicted octanol–water partition coefficient (Wildman–Crippen LogP) is 5.01. The van der Waals surface area contributed by atoms with Gasteiger partial charge in [0.1, 0.15) is 0 Å². The van der Waals surface area contributed by atoms with Gasteiger partial charge in [0.2, 0.25) is 0 Å². The Morgan fingerprint density at radius 3 is 2.89 bits per heavy atom. The molecule has 1 aromatic carbocycles. The third kappa shape index (κ3) is 3.18. The number of rotatable bonds is 6. The Labute approximate surface area is 117 Å². The molecule has 0 amide bonds. The molecule has 2 rings (SSSR count). The van der Waals surface area contributed by atoms with Crippen molar-refractivity contribution in [2.75, 3.05) is 11.6 Å². The van der Waals surface area contributed by atoms with E-state index in [-0.39, 0.29) is 0 Å². The van der Waals surface area contributed by atoms with Gasteiger partial charge in [0.15, 0.2) is 4.34 Å². The Morgan fingerprint density at radius 2 is 2.22 bits per heavy atom. The Balaban J connectivity index is 2.18. The fourth-order valence-corrected chi connectivity index (χ4v) is 3.57. The molecule has 1 aromatic heterocycles. The van der Waals surface area contributed by atoms with Crippen LogP contribution >= 0.6 is 23.1 Å². The second-order valence-electron chi connectivity index (χ2n) is 4.40. The molecule has 4 heteroatoms. The Morgan fingerprint density at radius 1 is 1.39 bits per heavy atom. The van der Waals surface area contributed by atoms with Crippen LogP contribution < -0.4 is 5.32 Å². The first-order chi connectivity index (χ1) is 8.76. The zero-order valence-corrected chi connectivity index (χ0v) is 12.8. The fraction of sp³-hybridized carbons (Fsp3) is 0.500. The molecule has 0 aliphatic carbocycles. The summed E-state index contributed by atoms with van der Waals surface area (Å²) in [7, 11) is 0. The Hall–Kier alpha value is -0.740. The fourth-order valence-electron chi connectivity index (χ4n) is 2.04. The maximum atomic E-state index is 4.56. The van der Waals surface area contributed by atoms with Crippen LogP contribution in [0.1, 0.15) is 33.1 Å². The molecule has 0 saturated heterocycles. The third-order valence-corrected chi connectivity index (χ3v) is 5.05. The van der Waals surface area contributed by atoms with E-state index in [0.717, 1.165) is 9.86 Å². The molecule has 2 aromatic rings. The van der Waals surface area contributed by atoms with E-state index in [1.54, 1.807) is 23.1 Å². The van der Waals surface area contributed by atoms with Crippen LogP contribution in [0.25, 0.3) is 10.2 Å². The third-order valence-electron chi connectivity index (χ3n) is 3.04. The van der Waals surface area contributed by atoms with E-state index in [2.05, 4.69) is 48.6 Å². The van der Waals surface area contributed by atoms with Crippen molar-refractivity contribution in [3.05, 3.63) is 18.2 Å². The number of aromatic nitrogens is 1. The molecule has 0 bridgehead atoms. The molecule has 1 unspecified atom stereocenters. The van der Waals surface area contributed by atoms with Crippen LogP contribution in [0.4, 0.5) is 5.69 Å². The summed E-state index contributed by atoms with van der Waals surface area (Å²) >= 11 is 3.49. The lowest BCUT2D eigenvalue weighted by atomic mass is 10.1. The lowest BCUT2D eigenvalue weighted by Crippen LogP contribution is -2.17. The highest BCUT2D eigenvalue weighted by molar-refractivity contribution is 8.00. The van der Waals surface area contributed by atoms with E-state index in [1.807, 2.05) is 0 Å². The molecule has 1 atom stereocenters. The van der Waals surface area contributed by atoms with Gasteiger partial charge in [0.25, 0.3) is 0 Å². The zero-order valence-electron chi connectivity index (χ0n) is 11.2. The van der Waals surface area contributed by atoms with Gasteiger partial charge in [-0.25, -0.2) is 4.98 Å². The molecule has 0 aliphatic rings. The van der Waals surface area contributed by atoms with Gasteiger partial charge in [-0.1, -0.05) is 32.0 Å². The van der Waals surface area contributed by atoms with E-state index in [1.165, 1.54) is 29.6 Å². The van der Waals surface area contributed by atoms with Gasteiger partial charge in [0.05, 0.1) is 10.2 Å². The van der Waals surface area contributed by atoms with Crippen molar-refractivity contribution < 1.29 is 0 Å². The second-order valence-corrected chi connectivity index (χ2v) is 6.49. The number of fused-ring (bicyclic) bond motifs is 1. The van der Waals surface area contributed by atoms with E-state index < -0.39 is 0 Å². The lowest BCUT2D eigenvalue weighted by molar-refractivity contribution is 0.623. The summed E-state index contributed by atoms with van der Waals surface area (Å²) < 4.78 is 2.42. The van der Waals surface area contributed by atoms with Gasteiger partial charge in [0, 0.05) is 11.7 Å². The van der Waals surface area contributed by atoms with Crippen molar-refractivity contribution in [3.8, 4) is 0 Å². The molecule has 98 valence electrons. The van der Waals surface area contributed by atoms with Gasteiger partial charge in [-0.05, 0) is 37.3 Å². The highest BCUT2D eigenvalue weighted by atomic mass is 32.2. The SMILES string of the molecule is CCCC(CC)Nc1ccc2nc(SC)sc2c1. The Bertz CT molecular complexity index is 507. The number of thioether (sulfide) groups is 1. The average Bonchev–Trinajstić information content (AvgIpc) is 2.80. The van der Waals surface area contributed by atoms with Gasteiger partial charge in [-0.15, -0.1) is 11.3 Å². The number of nitrogens with zero attached hydrogens (tertiary/aromatic N) is 1. The molecule has 0 saturated carbocycles.